The van der Waals surface area contributed by atoms with Crippen molar-refractivity contribution in [2.45, 2.75) is 32.1 Å². The second kappa shape index (κ2) is 4.05. The van der Waals surface area contributed by atoms with E-state index in [4.69, 9.17) is 5.11 Å². The zero-order valence-electron chi connectivity index (χ0n) is 8.94. The zero-order chi connectivity index (χ0) is 10.8. The number of hydrogen-bond donors (Lipinski definition) is 1. The molecular formula is C13H16O2. The van der Waals surface area contributed by atoms with E-state index in [9.17, 15) is 4.79 Å². The summed E-state index contributed by atoms with van der Waals surface area (Å²) in [6.45, 7) is 2.09. The van der Waals surface area contributed by atoms with Gasteiger partial charge in [0.2, 0.25) is 0 Å². The van der Waals surface area contributed by atoms with Crippen molar-refractivity contribution in [2.75, 3.05) is 0 Å². The maximum atomic E-state index is 10.5. The van der Waals surface area contributed by atoms with E-state index in [0.717, 1.165) is 12.8 Å². The van der Waals surface area contributed by atoms with Gasteiger partial charge in [0.25, 0.3) is 0 Å². The summed E-state index contributed by atoms with van der Waals surface area (Å²) in [5, 5.41) is 8.65. The Morgan fingerprint density at radius 1 is 1.47 bits per heavy atom. The molecule has 1 aliphatic carbocycles. The van der Waals surface area contributed by atoms with Gasteiger partial charge in [0.05, 0.1) is 0 Å². The van der Waals surface area contributed by atoms with Gasteiger partial charge in [0, 0.05) is 6.42 Å². The van der Waals surface area contributed by atoms with Crippen molar-refractivity contribution in [3.8, 4) is 0 Å². The maximum absolute atomic E-state index is 10.5. The van der Waals surface area contributed by atoms with Crippen LogP contribution >= 0.6 is 0 Å². The number of aliphatic carboxylic acids is 1. The molecule has 0 bridgehead atoms. The highest BCUT2D eigenvalue weighted by molar-refractivity contribution is 5.67. The van der Waals surface area contributed by atoms with Gasteiger partial charge in [-0.2, -0.15) is 0 Å². The van der Waals surface area contributed by atoms with Crippen molar-refractivity contribution in [1.82, 2.24) is 0 Å². The number of carbonyl (C=O) groups is 1. The Balaban J connectivity index is 1.92. The molecule has 0 heterocycles. The molecule has 0 aromatic heterocycles. The molecule has 2 rings (SSSR count). The summed E-state index contributed by atoms with van der Waals surface area (Å²) < 4.78 is 0. The third kappa shape index (κ3) is 2.38. The fourth-order valence-electron chi connectivity index (χ4n) is 2.35. The van der Waals surface area contributed by atoms with Crippen LogP contribution in [0, 0.1) is 12.8 Å². The van der Waals surface area contributed by atoms with Crippen molar-refractivity contribution >= 4 is 5.97 Å². The number of carboxylic acid groups (broad SMARTS) is 1. The molecule has 0 atom stereocenters. The van der Waals surface area contributed by atoms with Crippen molar-refractivity contribution in [1.29, 1.82) is 0 Å². The molecule has 1 fully saturated rings. The number of rotatable bonds is 3. The molecule has 1 saturated carbocycles. The van der Waals surface area contributed by atoms with Gasteiger partial charge >= 0.3 is 5.97 Å². The molecule has 0 aliphatic heterocycles. The lowest BCUT2D eigenvalue weighted by molar-refractivity contribution is -0.138. The lowest BCUT2D eigenvalue weighted by Gasteiger charge is -2.34. The smallest absolute Gasteiger partial charge is 0.303 e. The Morgan fingerprint density at radius 3 is 2.80 bits per heavy atom. The maximum Gasteiger partial charge on any atom is 0.303 e. The summed E-state index contributed by atoms with van der Waals surface area (Å²) in [5.41, 5.74) is 2.66. The molecular weight excluding hydrogens is 188 g/mol. The first kappa shape index (κ1) is 10.2. The SMILES string of the molecule is Cc1cccc(C2CC(CC(=O)O)C2)c1. The fraction of sp³-hybridized carbons (Fsp3) is 0.462. The summed E-state index contributed by atoms with van der Waals surface area (Å²) >= 11 is 0. The summed E-state index contributed by atoms with van der Waals surface area (Å²) in [6, 6.07) is 8.53. The van der Waals surface area contributed by atoms with Crippen LogP contribution in [-0.4, -0.2) is 11.1 Å². The first-order chi connectivity index (χ1) is 7.15. The summed E-state index contributed by atoms with van der Waals surface area (Å²) in [5.74, 6) is 0.324. The molecule has 80 valence electrons. The number of carboxylic acids is 1. The predicted molar refractivity (Wildman–Crippen MR) is 58.9 cm³/mol. The number of hydrogen-bond acceptors (Lipinski definition) is 1. The third-order valence-corrected chi connectivity index (χ3v) is 3.21. The van der Waals surface area contributed by atoms with Gasteiger partial charge in [-0.1, -0.05) is 29.8 Å². The van der Waals surface area contributed by atoms with Gasteiger partial charge in [-0.3, -0.25) is 4.79 Å². The molecule has 1 aromatic rings. The Bertz CT molecular complexity index is 365. The van der Waals surface area contributed by atoms with Gasteiger partial charge < -0.3 is 5.11 Å². The normalized spacial score (nSPS) is 24.6. The number of benzene rings is 1. The van der Waals surface area contributed by atoms with Crippen LogP contribution in [0.25, 0.3) is 0 Å². The van der Waals surface area contributed by atoms with Crippen LogP contribution in [0.2, 0.25) is 0 Å². The molecule has 0 radical (unpaired) electrons. The first-order valence-corrected chi connectivity index (χ1v) is 5.43. The average Bonchev–Trinajstić information content (AvgIpc) is 2.10. The molecule has 1 aliphatic rings. The Kier molecular flexibility index (Phi) is 2.76. The van der Waals surface area contributed by atoms with Gasteiger partial charge in [0.1, 0.15) is 0 Å². The van der Waals surface area contributed by atoms with Crippen molar-refractivity contribution in [3.05, 3.63) is 35.4 Å². The highest BCUT2D eigenvalue weighted by Gasteiger charge is 2.31. The van der Waals surface area contributed by atoms with Gasteiger partial charge in [0.15, 0.2) is 0 Å². The lowest BCUT2D eigenvalue weighted by Crippen LogP contribution is -2.24. The minimum Gasteiger partial charge on any atom is -0.481 e. The van der Waals surface area contributed by atoms with Crippen LogP contribution < -0.4 is 0 Å². The molecule has 0 spiro atoms. The van der Waals surface area contributed by atoms with Gasteiger partial charge in [-0.25, -0.2) is 0 Å². The topological polar surface area (TPSA) is 37.3 Å². The van der Waals surface area contributed by atoms with Crippen molar-refractivity contribution < 1.29 is 9.90 Å². The van der Waals surface area contributed by atoms with Crippen molar-refractivity contribution in [3.63, 3.8) is 0 Å². The second-order valence-electron chi connectivity index (χ2n) is 4.55. The highest BCUT2D eigenvalue weighted by atomic mass is 16.4. The Labute approximate surface area is 89.9 Å². The van der Waals surface area contributed by atoms with E-state index in [0.29, 0.717) is 18.3 Å². The minimum absolute atomic E-state index is 0.336. The third-order valence-electron chi connectivity index (χ3n) is 3.21. The minimum atomic E-state index is -0.664. The summed E-state index contributed by atoms with van der Waals surface area (Å²) in [6.07, 6.45) is 2.41. The van der Waals surface area contributed by atoms with E-state index in [1.807, 2.05) is 0 Å². The molecule has 1 N–H and O–H groups in total. The van der Waals surface area contributed by atoms with Crippen LogP contribution in [0.4, 0.5) is 0 Å². The molecule has 0 amide bonds. The fourth-order valence-corrected chi connectivity index (χ4v) is 2.35. The van der Waals surface area contributed by atoms with Gasteiger partial charge in [-0.15, -0.1) is 0 Å². The predicted octanol–water partition coefficient (Wildman–Crippen LogP) is 2.96. The quantitative estimate of drug-likeness (QED) is 0.821. The second-order valence-corrected chi connectivity index (χ2v) is 4.55. The summed E-state index contributed by atoms with van der Waals surface area (Å²) in [4.78, 5) is 10.5. The van der Waals surface area contributed by atoms with E-state index in [2.05, 4.69) is 31.2 Å². The molecule has 2 nitrogen and oxygen atoms in total. The molecule has 0 unspecified atom stereocenters. The van der Waals surface area contributed by atoms with Crippen LogP contribution in [0.5, 0.6) is 0 Å². The standard InChI is InChI=1S/C13H16O2/c1-9-3-2-4-11(5-9)12-6-10(7-12)8-13(14)15/h2-5,10,12H,6-8H2,1H3,(H,14,15). The highest BCUT2D eigenvalue weighted by Crippen LogP contribution is 2.43. The van der Waals surface area contributed by atoms with Crippen LogP contribution in [0.15, 0.2) is 24.3 Å². The van der Waals surface area contributed by atoms with E-state index >= 15 is 0 Å². The Morgan fingerprint density at radius 2 is 2.20 bits per heavy atom. The lowest BCUT2D eigenvalue weighted by atomic mass is 9.70. The van der Waals surface area contributed by atoms with E-state index < -0.39 is 5.97 Å². The van der Waals surface area contributed by atoms with Crippen LogP contribution in [-0.2, 0) is 4.79 Å². The van der Waals surface area contributed by atoms with E-state index in [-0.39, 0.29) is 0 Å². The van der Waals surface area contributed by atoms with Gasteiger partial charge in [-0.05, 0) is 37.2 Å². The largest absolute Gasteiger partial charge is 0.481 e. The Hall–Kier alpha value is -1.31. The molecule has 2 heteroatoms. The van der Waals surface area contributed by atoms with Crippen LogP contribution in [0.3, 0.4) is 0 Å². The molecule has 1 aromatic carbocycles. The van der Waals surface area contributed by atoms with E-state index in [1.54, 1.807) is 0 Å². The molecule has 15 heavy (non-hydrogen) atoms. The average molecular weight is 204 g/mol. The summed E-state index contributed by atoms with van der Waals surface area (Å²) in [7, 11) is 0. The first-order valence-electron chi connectivity index (χ1n) is 5.43. The van der Waals surface area contributed by atoms with Crippen molar-refractivity contribution in [2.24, 2.45) is 5.92 Å². The van der Waals surface area contributed by atoms with Crippen LogP contribution in [0.1, 0.15) is 36.3 Å². The monoisotopic (exact) mass is 204 g/mol. The number of aryl methyl sites for hydroxylation is 1. The van der Waals surface area contributed by atoms with E-state index in [1.165, 1.54) is 11.1 Å². The zero-order valence-corrected chi connectivity index (χ0v) is 8.94. The molecule has 0 saturated heterocycles.